The molecule has 0 saturated heterocycles. The molecule has 0 bridgehead atoms. The minimum absolute atomic E-state index is 0.227. The molecule has 2 aromatic carbocycles. The summed E-state index contributed by atoms with van der Waals surface area (Å²) in [6.07, 6.45) is 0. The monoisotopic (exact) mass is 341 g/mol. The van der Waals surface area contributed by atoms with Crippen molar-refractivity contribution in [2.45, 2.75) is 20.0 Å². The zero-order valence-electron chi connectivity index (χ0n) is 14.3. The highest BCUT2D eigenvalue weighted by Crippen LogP contribution is 2.21. The van der Waals surface area contributed by atoms with Crippen LogP contribution >= 0.6 is 0 Å². The number of hydrogen-bond donors (Lipinski definition) is 0. The third kappa shape index (κ3) is 4.42. The number of nitrogens with zero attached hydrogens (tertiary/aromatic N) is 3. The molecule has 3 aromatic rings. The number of halogens is 1. The molecule has 130 valence electrons. The normalized spacial score (nSPS) is 11.0. The van der Waals surface area contributed by atoms with Gasteiger partial charge in [-0.05, 0) is 48.5 Å². The van der Waals surface area contributed by atoms with E-state index in [9.17, 15) is 4.39 Å². The van der Waals surface area contributed by atoms with Gasteiger partial charge in [-0.2, -0.15) is 4.98 Å². The number of benzene rings is 2. The molecule has 0 radical (unpaired) electrons. The van der Waals surface area contributed by atoms with E-state index in [0.717, 1.165) is 23.4 Å². The van der Waals surface area contributed by atoms with Gasteiger partial charge in [0.15, 0.2) is 5.82 Å². The lowest BCUT2D eigenvalue weighted by molar-refractivity contribution is 0.259. The molecular weight excluding hydrogens is 321 g/mol. The largest absolute Gasteiger partial charge is 0.497 e. The van der Waals surface area contributed by atoms with Gasteiger partial charge >= 0.3 is 0 Å². The maximum Gasteiger partial charge on any atom is 0.257 e. The zero-order chi connectivity index (χ0) is 17.6. The van der Waals surface area contributed by atoms with E-state index in [4.69, 9.17) is 9.26 Å². The summed E-state index contributed by atoms with van der Waals surface area (Å²) in [5.41, 5.74) is 1.76. The lowest BCUT2D eigenvalue weighted by Crippen LogP contribution is -2.23. The average Bonchev–Trinajstić information content (AvgIpc) is 3.10. The van der Waals surface area contributed by atoms with Gasteiger partial charge in [0.1, 0.15) is 11.6 Å². The molecule has 0 N–H and O–H groups in total. The second kappa shape index (κ2) is 7.90. The Hall–Kier alpha value is -2.73. The number of ether oxygens (including phenoxy) is 1. The Morgan fingerprint density at radius 1 is 1.12 bits per heavy atom. The fraction of sp³-hybridized carbons (Fsp3) is 0.263. The highest BCUT2D eigenvalue weighted by Gasteiger charge is 2.13. The van der Waals surface area contributed by atoms with Crippen LogP contribution in [-0.4, -0.2) is 28.7 Å². The van der Waals surface area contributed by atoms with Crippen LogP contribution in [0.25, 0.3) is 11.5 Å². The Balaban J connectivity index is 1.68. The van der Waals surface area contributed by atoms with Gasteiger partial charge in [-0.25, -0.2) is 4.39 Å². The summed E-state index contributed by atoms with van der Waals surface area (Å²) in [5.74, 6) is 1.62. The number of rotatable bonds is 7. The van der Waals surface area contributed by atoms with Crippen LogP contribution in [0, 0.1) is 5.82 Å². The van der Waals surface area contributed by atoms with Crippen LogP contribution in [0.3, 0.4) is 0 Å². The van der Waals surface area contributed by atoms with Crippen molar-refractivity contribution in [2.75, 3.05) is 13.7 Å². The molecule has 0 aliphatic carbocycles. The topological polar surface area (TPSA) is 51.4 Å². The van der Waals surface area contributed by atoms with Crippen molar-refractivity contribution in [1.82, 2.24) is 15.0 Å². The van der Waals surface area contributed by atoms with E-state index < -0.39 is 0 Å². The van der Waals surface area contributed by atoms with Crippen molar-refractivity contribution < 1.29 is 13.7 Å². The summed E-state index contributed by atoms with van der Waals surface area (Å²) in [6, 6.07) is 14.1. The molecule has 1 heterocycles. The summed E-state index contributed by atoms with van der Waals surface area (Å²) in [4.78, 5) is 6.57. The smallest absolute Gasteiger partial charge is 0.257 e. The maximum absolute atomic E-state index is 13.3. The van der Waals surface area contributed by atoms with Gasteiger partial charge in [-0.3, -0.25) is 4.90 Å². The van der Waals surface area contributed by atoms with Gasteiger partial charge in [-0.15, -0.1) is 0 Å². The molecule has 0 aliphatic rings. The zero-order valence-corrected chi connectivity index (χ0v) is 14.3. The van der Waals surface area contributed by atoms with Crippen LogP contribution in [0.2, 0.25) is 0 Å². The lowest BCUT2D eigenvalue weighted by atomic mass is 10.2. The SMILES string of the molecule is CCN(Cc1cccc(F)c1)Cc1noc(-c2ccc(OC)cc2)n1. The Morgan fingerprint density at radius 3 is 2.60 bits per heavy atom. The van der Waals surface area contributed by atoms with Crippen molar-refractivity contribution in [1.29, 1.82) is 0 Å². The Labute approximate surface area is 146 Å². The lowest BCUT2D eigenvalue weighted by Gasteiger charge is -2.18. The summed E-state index contributed by atoms with van der Waals surface area (Å²) in [5, 5.41) is 4.05. The van der Waals surface area contributed by atoms with Gasteiger partial charge in [0, 0.05) is 12.1 Å². The second-order valence-electron chi connectivity index (χ2n) is 5.68. The molecule has 5 nitrogen and oxygen atoms in total. The van der Waals surface area contributed by atoms with Crippen LogP contribution < -0.4 is 4.74 Å². The van der Waals surface area contributed by atoms with Crippen molar-refractivity contribution in [2.24, 2.45) is 0 Å². The van der Waals surface area contributed by atoms with Crippen LogP contribution in [0.4, 0.5) is 4.39 Å². The molecule has 0 amide bonds. The van der Waals surface area contributed by atoms with Crippen molar-refractivity contribution in [3.63, 3.8) is 0 Å². The summed E-state index contributed by atoms with van der Waals surface area (Å²) < 4.78 is 23.8. The first-order valence-corrected chi connectivity index (χ1v) is 8.11. The third-order valence-corrected chi connectivity index (χ3v) is 3.91. The predicted octanol–water partition coefficient (Wildman–Crippen LogP) is 3.91. The second-order valence-corrected chi connectivity index (χ2v) is 5.68. The molecule has 0 saturated carbocycles. The predicted molar refractivity (Wildman–Crippen MR) is 92.5 cm³/mol. The molecule has 0 atom stereocenters. The molecular formula is C19H20FN3O2. The Kier molecular flexibility index (Phi) is 5.40. The van der Waals surface area contributed by atoms with Crippen LogP contribution in [-0.2, 0) is 13.1 Å². The molecule has 0 aliphatic heterocycles. The highest BCUT2D eigenvalue weighted by molar-refractivity contribution is 5.54. The molecule has 0 unspecified atom stereocenters. The van der Waals surface area contributed by atoms with E-state index >= 15 is 0 Å². The van der Waals surface area contributed by atoms with Crippen LogP contribution in [0.15, 0.2) is 53.1 Å². The fourth-order valence-electron chi connectivity index (χ4n) is 2.54. The van der Waals surface area contributed by atoms with Crippen LogP contribution in [0.1, 0.15) is 18.3 Å². The van der Waals surface area contributed by atoms with Gasteiger partial charge in [0.2, 0.25) is 0 Å². The van der Waals surface area contributed by atoms with Gasteiger partial charge in [0.05, 0.1) is 13.7 Å². The van der Waals surface area contributed by atoms with Gasteiger partial charge < -0.3 is 9.26 Å². The maximum atomic E-state index is 13.3. The summed E-state index contributed by atoms with van der Waals surface area (Å²) in [7, 11) is 1.62. The van der Waals surface area contributed by atoms with Gasteiger partial charge in [-0.1, -0.05) is 24.2 Å². The number of hydrogen-bond acceptors (Lipinski definition) is 5. The molecule has 0 spiro atoms. The quantitative estimate of drug-likeness (QED) is 0.652. The Morgan fingerprint density at radius 2 is 1.92 bits per heavy atom. The first-order valence-electron chi connectivity index (χ1n) is 8.11. The Bertz CT molecular complexity index is 818. The van der Waals surface area contributed by atoms with Crippen molar-refractivity contribution in [3.8, 4) is 17.2 Å². The van der Waals surface area contributed by atoms with Crippen molar-refractivity contribution >= 4 is 0 Å². The summed E-state index contributed by atoms with van der Waals surface area (Å²) in [6.45, 7) is 4.00. The minimum atomic E-state index is -0.227. The highest BCUT2D eigenvalue weighted by atomic mass is 19.1. The number of aromatic nitrogens is 2. The van der Waals surface area contributed by atoms with E-state index in [-0.39, 0.29) is 5.82 Å². The standard InChI is InChI=1S/C19H20FN3O2/c1-3-23(12-14-5-4-6-16(20)11-14)13-18-21-19(25-22-18)15-7-9-17(24-2)10-8-15/h4-11H,3,12-13H2,1-2H3. The molecule has 25 heavy (non-hydrogen) atoms. The fourth-order valence-corrected chi connectivity index (χ4v) is 2.54. The first kappa shape index (κ1) is 17.1. The van der Waals surface area contributed by atoms with Gasteiger partial charge in [0.25, 0.3) is 5.89 Å². The van der Waals surface area contributed by atoms with E-state index in [1.165, 1.54) is 6.07 Å². The van der Waals surface area contributed by atoms with Crippen LogP contribution in [0.5, 0.6) is 5.75 Å². The van der Waals surface area contributed by atoms with Crippen molar-refractivity contribution in [3.05, 3.63) is 65.7 Å². The van der Waals surface area contributed by atoms with E-state index in [1.807, 2.05) is 37.3 Å². The average molecular weight is 341 g/mol. The summed E-state index contributed by atoms with van der Waals surface area (Å²) >= 11 is 0. The van der Waals surface area contributed by atoms with E-state index in [0.29, 0.717) is 24.8 Å². The molecule has 6 heteroatoms. The molecule has 1 aromatic heterocycles. The minimum Gasteiger partial charge on any atom is -0.497 e. The van der Waals surface area contributed by atoms with E-state index in [1.54, 1.807) is 19.2 Å². The van der Waals surface area contributed by atoms with E-state index in [2.05, 4.69) is 15.0 Å². The third-order valence-electron chi connectivity index (χ3n) is 3.91. The molecule has 0 fully saturated rings. The first-order chi connectivity index (χ1) is 12.2. The molecule has 3 rings (SSSR count). The number of methoxy groups -OCH3 is 1.